The number of allylic oxidation sites excluding steroid dienone is 8. The Kier molecular flexibility index (Phi) is 2.22. The lowest BCUT2D eigenvalue weighted by atomic mass is 9.85. The molecule has 0 saturated carbocycles. The highest BCUT2D eigenvalue weighted by atomic mass is 14.2. The van der Waals surface area contributed by atoms with Crippen LogP contribution in [0.1, 0.15) is 33.1 Å². The fourth-order valence-electron chi connectivity index (χ4n) is 2.05. The number of hydrogen-bond donors (Lipinski definition) is 0. The van der Waals surface area contributed by atoms with E-state index in [0.29, 0.717) is 0 Å². The zero-order valence-electron chi connectivity index (χ0n) is 8.43. The molecule has 0 nitrogen and oxygen atoms in total. The molecule has 2 rings (SSSR count). The summed E-state index contributed by atoms with van der Waals surface area (Å²) in [5, 5.41) is 0. The van der Waals surface area contributed by atoms with Gasteiger partial charge in [0.1, 0.15) is 0 Å². The Balaban J connectivity index is 2.46. The number of hydrogen-bond acceptors (Lipinski definition) is 0. The Morgan fingerprint density at radius 3 is 2.77 bits per heavy atom. The highest BCUT2D eigenvalue weighted by molar-refractivity contribution is 5.55. The third-order valence-corrected chi connectivity index (χ3v) is 2.76. The van der Waals surface area contributed by atoms with Gasteiger partial charge in [0.2, 0.25) is 0 Å². The van der Waals surface area contributed by atoms with Crippen LogP contribution in [0.15, 0.2) is 46.6 Å². The molecule has 0 bridgehead atoms. The van der Waals surface area contributed by atoms with Crippen LogP contribution in [0.2, 0.25) is 0 Å². The summed E-state index contributed by atoms with van der Waals surface area (Å²) in [6.07, 6.45) is 12.8. The maximum Gasteiger partial charge on any atom is -0.0126 e. The molecule has 13 heavy (non-hydrogen) atoms. The fourth-order valence-corrected chi connectivity index (χ4v) is 2.05. The van der Waals surface area contributed by atoms with Gasteiger partial charge in [0.25, 0.3) is 0 Å². The molecule has 0 aromatic carbocycles. The zero-order chi connectivity index (χ0) is 9.26. The molecule has 0 unspecified atom stereocenters. The fraction of sp³-hybridized carbons (Fsp3) is 0.385. The molecule has 0 aliphatic heterocycles. The summed E-state index contributed by atoms with van der Waals surface area (Å²) in [6, 6.07) is 0. The topological polar surface area (TPSA) is 0 Å². The van der Waals surface area contributed by atoms with E-state index in [1.54, 1.807) is 5.57 Å². The van der Waals surface area contributed by atoms with Crippen LogP contribution in [0.25, 0.3) is 0 Å². The maximum absolute atomic E-state index is 2.30. The Morgan fingerprint density at radius 1 is 1.15 bits per heavy atom. The van der Waals surface area contributed by atoms with Gasteiger partial charge in [-0.25, -0.2) is 0 Å². The van der Waals surface area contributed by atoms with Crippen LogP contribution in [-0.2, 0) is 0 Å². The van der Waals surface area contributed by atoms with Crippen LogP contribution in [0.5, 0.6) is 0 Å². The van der Waals surface area contributed by atoms with Gasteiger partial charge in [-0.05, 0) is 44.3 Å². The van der Waals surface area contributed by atoms with Gasteiger partial charge in [0.15, 0.2) is 0 Å². The molecule has 0 amide bonds. The van der Waals surface area contributed by atoms with Crippen LogP contribution in [0.3, 0.4) is 0 Å². The lowest BCUT2D eigenvalue weighted by Crippen LogP contribution is -2.01. The number of rotatable bonds is 0. The zero-order valence-corrected chi connectivity index (χ0v) is 8.43. The molecule has 0 fully saturated rings. The van der Waals surface area contributed by atoms with Crippen molar-refractivity contribution >= 4 is 0 Å². The summed E-state index contributed by atoms with van der Waals surface area (Å²) in [5.74, 6) is 0. The monoisotopic (exact) mass is 172 g/mol. The van der Waals surface area contributed by atoms with Crippen molar-refractivity contribution in [3.05, 3.63) is 46.6 Å². The van der Waals surface area contributed by atoms with Gasteiger partial charge in [-0.3, -0.25) is 0 Å². The minimum atomic E-state index is 1.16. The lowest BCUT2D eigenvalue weighted by molar-refractivity contribution is 0.898. The molecule has 0 atom stereocenters. The third kappa shape index (κ3) is 1.53. The molecule has 0 radical (unpaired) electrons. The second-order valence-corrected chi connectivity index (χ2v) is 3.98. The van der Waals surface area contributed by atoms with E-state index in [2.05, 4.69) is 38.2 Å². The normalized spacial score (nSPS) is 20.6. The van der Waals surface area contributed by atoms with Crippen LogP contribution in [-0.4, -0.2) is 0 Å². The van der Waals surface area contributed by atoms with Crippen molar-refractivity contribution in [2.45, 2.75) is 33.1 Å². The van der Waals surface area contributed by atoms with Crippen LogP contribution in [0.4, 0.5) is 0 Å². The quantitative estimate of drug-likeness (QED) is 0.519. The average Bonchev–Trinajstić information content (AvgIpc) is 2.17. The summed E-state index contributed by atoms with van der Waals surface area (Å²) in [4.78, 5) is 0. The van der Waals surface area contributed by atoms with Gasteiger partial charge in [-0.15, -0.1) is 0 Å². The van der Waals surface area contributed by atoms with Crippen molar-refractivity contribution < 1.29 is 0 Å². The summed E-state index contributed by atoms with van der Waals surface area (Å²) >= 11 is 0. The smallest absolute Gasteiger partial charge is 0.0126 e. The van der Waals surface area contributed by atoms with Gasteiger partial charge >= 0.3 is 0 Å². The van der Waals surface area contributed by atoms with Crippen molar-refractivity contribution in [3.8, 4) is 0 Å². The molecule has 2 aliphatic rings. The molecule has 0 saturated heterocycles. The first-order valence-electron chi connectivity index (χ1n) is 5.02. The summed E-state index contributed by atoms with van der Waals surface area (Å²) in [5.41, 5.74) is 5.99. The van der Waals surface area contributed by atoms with Crippen molar-refractivity contribution in [1.29, 1.82) is 0 Å². The maximum atomic E-state index is 2.30. The minimum absolute atomic E-state index is 1.16. The summed E-state index contributed by atoms with van der Waals surface area (Å²) in [7, 11) is 0. The molecule has 0 N–H and O–H groups in total. The summed E-state index contributed by atoms with van der Waals surface area (Å²) in [6.45, 7) is 4.39. The first-order valence-corrected chi connectivity index (χ1v) is 5.02. The van der Waals surface area contributed by atoms with Gasteiger partial charge < -0.3 is 0 Å². The van der Waals surface area contributed by atoms with Gasteiger partial charge in [-0.2, -0.15) is 0 Å². The predicted molar refractivity (Wildman–Crippen MR) is 57.5 cm³/mol. The van der Waals surface area contributed by atoms with Crippen LogP contribution in [0, 0.1) is 0 Å². The average molecular weight is 172 g/mol. The standard InChI is InChI=1S/C13H16/c1-10(2)12-9-5-7-11-6-3-4-8-13(11)12/h4-5,8-9H,3,6-7H2,1-2H3. The van der Waals surface area contributed by atoms with Crippen LogP contribution >= 0.6 is 0 Å². The SMILES string of the molecule is CC(C)=C1C=CCC2=C1C=CCC2. The molecule has 0 heterocycles. The predicted octanol–water partition coefficient (Wildman–Crippen LogP) is 3.93. The highest BCUT2D eigenvalue weighted by Crippen LogP contribution is 2.33. The molecule has 2 aliphatic carbocycles. The second kappa shape index (κ2) is 3.37. The summed E-state index contributed by atoms with van der Waals surface area (Å²) < 4.78 is 0. The van der Waals surface area contributed by atoms with E-state index in [1.807, 2.05) is 0 Å². The van der Waals surface area contributed by atoms with Gasteiger partial charge in [0, 0.05) is 0 Å². The molecule has 0 spiro atoms. The Hall–Kier alpha value is -1.04. The van der Waals surface area contributed by atoms with Gasteiger partial charge in [0.05, 0.1) is 0 Å². The molecule has 68 valence electrons. The third-order valence-electron chi connectivity index (χ3n) is 2.76. The minimum Gasteiger partial charge on any atom is -0.0836 e. The molecule has 0 aromatic rings. The van der Waals surface area contributed by atoms with Crippen molar-refractivity contribution in [1.82, 2.24) is 0 Å². The van der Waals surface area contributed by atoms with E-state index in [-0.39, 0.29) is 0 Å². The highest BCUT2D eigenvalue weighted by Gasteiger charge is 2.13. The Morgan fingerprint density at radius 2 is 2.00 bits per heavy atom. The molecule has 0 aromatic heterocycles. The second-order valence-electron chi connectivity index (χ2n) is 3.98. The lowest BCUT2D eigenvalue weighted by Gasteiger charge is -2.20. The van der Waals surface area contributed by atoms with E-state index in [4.69, 9.17) is 0 Å². The van der Waals surface area contributed by atoms with E-state index < -0.39 is 0 Å². The van der Waals surface area contributed by atoms with Crippen molar-refractivity contribution in [2.75, 3.05) is 0 Å². The first-order chi connectivity index (χ1) is 6.29. The van der Waals surface area contributed by atoms with Crippen molar-refractivity contribution in [3.63, 3.8) is 0 Å². The molecular weight excluding hydrogens is 156 g/mol. The van der Waals surface area contributed by atoms with Crippen molar-refractivity contribution in [2.24, 2.45) is 0 Å². The van der Waals surface area contributed by atoms with E-state index in [9.17, 15) is 0 Å². The Bertz CT molecular complexity index is 331. The Labute approximate surface area is 80.3 Å². The molecular formula is C13H16. The largest absolute Gasteiger partial charge is 0.0836 e. The van der Waals surface area contributed by atoms with Crippen LogP contribution < -0.4 is 0 Å². The molecule has 0 heteroatoms. The van der Waals surface area contributed by atoms with E-state index in [1.165, 1.54) is 29.6 Å². The van der Waals surface area contributed by atoms with Gasteiger partial charge in [-0.1, -0.05) is 35.5 Å². The first kappa shape index (κ1) is 8.55. The van der Waals surface area contributed by atoms with E-state index >= 15 is 0 Å². The van der Waals surface area contributed by atoms with E-state index in [0.717, 1.165) is 6.42 Å².